The van der Waals surface area contributed by atoms with Gasteiger partial charge in [-0.05, 0) is 29.9 Å². The van der Waals surface area contributed by atoms with E-state index in [0.29, 0.717) is 12.0 Å². The van der Waals surface area contributed by atoms with Gasteiger partial charge in [0.2, 0.25) is 0 Å². The van der Waals surface area contributed by atoms with Crippen molar-refractivity contribution in [3.63, 3.8) is 0 Å². The molecule has 0 bridgehead atoms. The summed E-state index contributed by atoms with van der Waals surface area (Å²) in [7, 11) is 0. The van der Waals surface area contributed by atoms with E-state index in [1.165, 1.54) is 24.0 Å². The van der Waals surface area contributed by atoms with Crippen molar-refractivity contribution in [2.75, 3.05) is 5.75 Å². The molecular weight excluding hydrogens is 204 g/mol. The number of amidine groups is 1. The van der Waals surface area contributed by atoms with Gasteiger partial charge in [-0.25, -0.2) is 0 Å². The Hall–Kier alpha value is -0.960. The van der Waals surface area contributed by atoms with Gasteiger partial charge in [-0.2, -0.15) is 0 Å². The van der Waals surface area contributed by atoms with Crippen LogP contribution < -0.4 is 5.73 Å². The third kappa shape index (κ3) is 1.65. The van der Waals surface area contributed by atoms with E-state index < -0.39 is 0 Å². The van der Waals surface area contributed by atoms with Crippen molar-refractivity contribution in [3.8, 4) is 0 Å². The molecule has 15 heavy (non-hydrogen) atoms. The Morgan fingerprint density at radius 2 is 1.87 bits per heavy atom. The molecule has 1 aliphatic carbocycles. The van der Waals surface area contributed by atoms with Gasteiger partial charge in [-0.15, -0.1) is 0 Å². The van der Waals surface area contributed by atoms with Crippen molar-refractivity contribution >= 4 is 16.9 Å². The first-order chi connectivity index (χ1) is 7.33. The van der Waals surface area contributed by atoms with E-state index in [2.05, 4.69) is 29.3 Å². The number of rotatable bonds is 1. The van der Waals surface area contributed by atoms with Crippen LogP contribution in [0.3, 0.4) is 0 Å². The van der Waals surface area contributed by atoms with Crippen LogP contribution in [0.1, 0.15) is 11.1 Å². The first kappa shape index (κ1) is 9.28. The number of benzene rings is 1. The summed E-state index contributed by atoms with van der Waals surface area (Å²) in [6, 6.07) is 9.18. The van der Waals surface area contributed by atoms with Crippen LogP contribution in [0.25, 0.3) is 0 Å². The lowest BCUT2D eigenvalue weighted by molar-refractivity contribution is 0.479. The molecule has 0 fully saturated rings. The predicted octanol–water partition coefficient (Wildman–Crippen LogP) is 1.83. The minimum atomic E-state index is 0.447. The molecule has 1 atom stereocenters. The summed E-state index contributed by atoms with van der Waals surface area (Å²) in [5, 5.41) is 0.774. The summed E-state index contributed by atoms with van der Waals surface area (Å²) in [6.45, 7) is 0. The van der Waals surface area contributed by atoms with E-state index in [-0.39, 0.29) is 0 Å². The van der Waals surface area contributed by atoms with Crippen molar-refractivity contribution in [1.82, 2.24) is 0 Å². The quantitative estimate of drug-likeness (QED) is 0.781. The number of nitrogens with zero attached hydrogens (tertiary/aromatic N) is 1. The van der Waals surface area contributed by atoms with Crippen LogP contribution in [0.2, 0.25) is 0 Å². The van der Waals surface area contributed by atoms with Crippen molar-refractivity contribution in [3.05, 3.63) is 35.4 Å². The van der Waals surface area contributed by atoms with Gasteiger partial charge in [0, 0.05) is 5.75 Å². The van der Waals surface area contributed by atoms with Gasteiger partial charge in [-0.1, -0.05) is 36.0 Å². The number of fused-ring (bicyclic) bond motifs is 1. The van der Waals surface area contributed by atoms with E-state index in [1.54, 1.807) is 11.8 Å². The third-order valence-electron chi connectivity index (χ3n) is 3.32. The topological polar surface area (TPSA) is 38.4 Å². The van der Waals surface area contributed by atoms with Crippen LogP contribution in [-0.4, -0.2) is 17.0 Å². The second-order valence-electron chi connectivity index (χ2n) is 4.28. The molecule has 1 aromatic rings. The zero-order valence-electron chi connectivity index (χ0n) is 8.52. The molecular formula is C12H14N2S. The lowest BCUT2D eigenvalue weighted by atomic mass is 9.99. The number of hydrogen-bond acceptors (Lipinski definition) is 3. The molecule has 2 aliphatic rings. The van der Waals surface area contributed by atoms with Gasteiger partial charge < -0.3 is 5.73 Å². The zero-order valence-corrected chi connectivity index (χ0v) is 9.33. The van der Waals surface area contributed by atoms with Crippen molar-refractivity contribution < 1.29 is 0 Å². The maximum Gasteiger partial charge on any atom is 0.154 e. The molecule has 2 nitrogen and oxygen atoms in total. The van der Waals surface area contributed by atoms with Crippen LogP contribution in [-0.2, 0) is 12.8 Å². The molecule has 0 aromatic heterocycles. The van der Waals surface area contributed by atoms with Crippen LogP contribution in [0.5, 0.6) is 0 Å². The molecule has 1 aromatic carbocycles. The zero-order chi connectivity index (χ0) is 10.3. The Kier molecular flexibility index (Phi) is 2.20. The standard InChI is InChI=1S/C12H14N2S/c13-12-14-11(7-15-12)10-5-8-3-1-2-4-9(8)6-10/h1-4,10-11H,5-7H2,(H2,13,14). The van der Waals surface area contributed by atoms with Crippen LogP contribution in [0.15, 0.2) is 29.3 Å². The summed E-state index contributed by atoms with van der Waals surface area (Å²) >= 11 is 1.70. The second-order valence-corrected chi connectivity index (χ2v) is 5.32. The number of aliphatic imine (C=N–C) groups is 1. The lowest BCUT2D eigenvalue weighted by Gasteiger charge is -2.13. The second kappa shape index (κ2) is 3.56. The highest BCUT2D eigenvalue weighted by Gasteiger charge is 2.30. The highest BCUT2D eigenvalue weighted by molar-refractivity contribution is 8.14. The molecule has 0 amide bonds. The van der Waals surface area contributed by atoms with Gasteiger partial charge in [0.05, 0.1) is 6.04 Å². The van der Waals surface area contributed by atoms with Gasteiger partial charge >= 0.3 is 0 Å². The molecule has 0 saturated carbocycles. The largest absolute Gasteiger partial charge is 0.379 e. The highest BCUT2D eigenvalue weighted by Crippen LogP contribution is 2.33. The highest BCUT2D eigenvalue weighted by atomic mass is 32.2. The molecule has 0 saturated heterocycles. The molecule has 1 aliphatic heterocycles. The number of nitrogens with two attached hydrogens (primary N) is 1. The van der Waals surface area contributed by atoms with Crippen molar-refractivity contribution in [2.45, 2.75) is 18.9 Å². The molecule has 0 radical (unpaired) electrons. The van der Waals surface area contributed by atoms with E-state index in [0.717, 1.165) is 10.9 Å². The fourth-order valence-electron chi connectivity index (χ4n) is 2.52. The Morgan fingerprint density at radius 1 is 1.20 bits per heavy atom. The summed E-state index contributed by atoms with van der Waals surface area (Å²) in [5.74, 6) is 1.75. The molecule has 3 heteroatoms. The first-order valence-electron chi connectivity index (χ1n) is 5.36. The minimum absolute atomic E-state index is 0.447. The van der Waals surface area contributed by atoms with Gasteiger partial charge in [0.1, 0.15) is 0 Å². The van der Waals surface area contributed by atoms with E-state index in [4.69, 9.17) is 5.73 Å². The smallest absolute Gasteiger partial charge is 0.154 e. The van der Waals surface area contributed by atoms with Gasteiger partial charge in [-0.3, -0.25) is 4.99 Å². The molecule has 2 N–H and O–H groups in total. The van der Waals surface area contributed by atoms with Crippen LogP contribution in [0.4, 0.5) is 0 Å². The van der Waals surface area contributed by atoms with E-state index in [9.17, 15) is 0 Å². The van der Waals surface area contributed by atoms with Crippen LogP contribution in [0, 0.1) is 5.92 Å². The average Bonchev–Trinajstić information content (AvgIpc) is 2.82. The fraction of sp³-hybridized carbons (Fsp3) is 0.417. The van der Waals surface area contributed by atoms with E-state index >= 15 is 0 Å². The monoisotopic (exact) mass is 218 g/mol. The Morgan fingerprint density at radius 3 is 2.40 bits per heavy atom. The van der Waals surface area contributed by atoms with Crippen molar-refractivity contribution in [2.24, 2.45) is 16.6 Å². The average molecular weight is 218 g/mol. The molecule has 0 spiro atoms. The summed E-state index contributed by atoms with van der Waals surface area (Å²) < 4.78 is 0. The molecule has 1 heterocycles. The van der Waals surface area contributed by atoms with Gasteiger partial charge in [0.25, 0.3) is 0 Å². The third-order valence-corrected chi connectivity index (χ3v) is 4.23. The minimum Gasteiger partial charge on any atom is -0.379 e. The number of thioether (sulfide) groups is 1. The van der Waals surface area contributed by atoms with Crippen LogP contribution >= 0.6 is 11.8 Å². The number of hydrogen-bond donors (Lipinski definition) is 1. The van der Waals surface area contributed by atoms with Gasteiger partial charge in [0.15, 0.2) is 5.17 Å². The molecule has 78 valence electrons. The summed E-state index contributed by atoms with van der Waals surface area (Å²) in [5.41, 5.74) is 8.73. The maximum atomic E-state index is 5.71. The SMILES string of the molecule is NC1=NC(C2Cc3ccccc3C2)CS1. The predicted molar refractivity (Wildman–Crippen MR) is 65.2 cm³/mol. The normalized spacial score (nSPS) is 25.3. The molecule has 3 rings (SSSR count). The lowest BCUT2D eigenvalue weighted by Crippen LogP contribution is -2.19. The van der Waals surface area contributed by atoms with Crippen molar-refractivity contribution in [1.29, 1.82) is 0 Å². The van der Waals surface area contributed by atoms with E-state index in [1.807, 2.05) is 0 Å². The summed E-state index contributed by atoms with van der Waals surface area (Å²) in [6.07, 6.45) is 2.36. The first-order valence-corrected chi connectivity index (χ1v) is 6.34. The molecule has 1 unspecified atom stereocenters. The Labute approximate surface area is 94.0 Å². The maximum absolute atomic E-state index is 5.71. The fourth-order valence-corrected chi connectivity index (χ4v) is 3.41. The Bertz CT molecular complexity index is 389. The summed E-state index contributed by atoms with van der Waals surface area (Å²) in [4.78, 5) is 4.51. The Balaban J connectivity index is 1.79.